The number of nitrogens with zero attached hydrogens (tertiary/aromatic N) is 2. The molecule has 0 amide bonds. The highest BCUT2D eigenvalue weighted by molar-refractivity contribution is 7.80. The molecule has 174 valence electrons. The molecule has 0 saturated carbocycles. The summed E-state index contributed by atoms with van der Waals surface area (Å²) in [5, 5.41) is 4.94. The van der Waals surface area contributed by atoms with E-state index in [1.165, 1.54) is 0 Å². The fourth-order valence-corrected chi connectivity index (χ4v) is 4.09. The summed E-state index contributed by atoms with van der Waals surface area (Å²) in [6.07, 6.45) is 0. The van der Waals surface area contributed by atoms with E-state index >= 15 is 0 Å². The van der Waals surface area contributed by atoms with Crippen LogP contribution in [-0.4, -0.2) is 79.0 Å². The van der Waals surface area contributed by atoms with E-state index in [0.717, 1.165) is 56.8 Å². The van der Waals surface area contributed by atoms with Gasteiger partial charge in [0, 0.05) is 49.7 Å². The Bertz CT molecular complexity index is 1000. The van der Waals surface area contributed by atoms with Crippen molar-refractivity contribution in [1.82, 2.24) is 20.1 Å². The zero-order valence-corrected chi connectivity index (χ0v) is 19.6. The lowest BCUT2D eigenvalue weighted by Crippen LogP contribution is -2.46. The third kappa shape index (κ3) is 5.70. The number of morpholine rings is 1. The van der Waals surface area contributed by atoms with Crippen LogP contribution in [0.25, 0.3) is 10.9 Å². The Kier molecular flexibility index (Phi) is 7.49. The van der Waals surface area contributed by atoms with Gasteiger partial charge in [-0.15, -0.1) is 0 Å². The smallest absolute Gasteiger partial charge is 0.253 e. The summed E-state index contributed by atoms with van der Waals surface area (Å²) in [5.74, 6) is 1.85. The number of nitrogens with one attached hydrogen (secondary N) is 2. The molecule has 0 atom stereocenters. The van der Waals surface area contributed by atoms with Gasteiger partial charge in [-0.3, -0.25) is 9.69 Å². The molecule has 2 N–H and O–H groups in total. The third-order valence-electron chi connectivity index (χ3n) is 5.68. The minimum absolute atomic E-state index is 0.114. The Morgan fingerprint density at radius 2 is 1.88 bits per heavy atom. The number of rotatable bonds is 7. The second-order valence-corrected chi connectivity index (χ2v) is 9.05. The van der Waals surface area contributed by atoms with Crippen molar-refractivity contribution in [3.63, 3.8) is 0 Å². The van der Waals surface area contributed by atoms with Crippen LogP contribution in [0.3, 0.4) is 0 Å². The molecule has 4 rings (SSSR count). The van der Waals surface area contributed by atoms with Crippen LogP contribution in [0.4, 0.5) is 0 Å². The molecule has 1 saturated heterocycles. The maximum absolute atomic E-state index is 12.9. The molecule has 0 radical (unpaired) electrons. The highest BCUT2D eigenvalue weighted by Gasteiger charge is 2.18. The Morgan fingerprint density at radius 1 is 1.16 bits per heavy atom. The Balaban J connectivity index is 1.54. The summed E-state index contributed by atoms with van der Waals surface area (Å²) in [6, 6.07) is 5.69. The zero-order valence-electron chi connectivity index (χ0n) is 18.8. The summed E-state index contributed by atoms with van der Waals surface area (Å²) in [4.78, 5) is 20.3. The van der Waals surface area contributed by atoms with Gasteiger partial charge in [-0.2, -0.15) is 0 Å². The lowest BCUT2D eigenvalue weighted by molar-refractivity contribution is 0.0357. The molecule has 3 heterocycles. The average Bonchev–Trinajstić information content (AvgIpc) is 2.79. The first kappa shape index (κ1) is 22.8. The second-order valence-electron chi connectivity index (χ2n) is 8.66. The molecule has 9 heteroatoms. The van der Waals surface area contributed by atoms with E-state index in [2.05, 4.69) is 33.9 Å². The lowest BCUT2D eigenvalue weighted by Gasteiger charge is -2.31. The fourth-order valence-electron chi connectivity index (χ4n) is 3.85. The van der Waals surface area contributed by atoms with E-state index in [9.17, 15) is 4.79 Å². The molecule has 8 nitrogen and oxygen atoms in total. The number of hydrogen-bond donors (Lipinski definition) is 2. The molecule has 2 aromatic rings. The average molecular weight is 461 g/mol. The van der Waals surface area contributed by atoms with Gasteiger partial charge in [0.2, 0.25) is 0 Å². The summed E-state index contributed by atoms with van der Waals surface area (Å²) >= 11 is 5.70. The van der Waals surface area contributed by atoms with E-state index in [-0.39, 0.29) is 5.56 Å². The highest BCUT2D eigenvalue weighted by atomic mass is 32.1. The molecule has 2 aliphatic heterocycles. The van der Waals surface area contributed by atoms with E-state index in [1.54, 1.807) is 0 Å². The van der Waals surface area contributed by atoms with Crippen LogP contribution in [0, 0.1) is 5.92 Å². The SMILES string of the molecule is CC(C)CNC(=S)N(CCN1CCOCC1)Cc1cc2cc3c(cc2[nH]c1=O)OCCO3. The Morgan fingerprint density at radius 3 is 2.59 bits per heavy atom. The van der Waals surface area contributed by atoms with Gasteiger partial charge in [-0.1, -0.05) is 13.8 Å². The summed E-state index contributed by atoms with van der Waals surface area (Å²) in [5.41, 5.74) is 1.30. The van der Waals surface area contributed by atoms with Crippen LogP contribution in [0.2, 0.25) is 0 Å². The quantitative estimate of drug-likeness (QED) is 0.608. The van der Waals surface area contributed by atoms with Crippen LogP contribution in [0.15, 0.2) is 23.0 Å². The number of aromatic amines is 1. The lowest BCUT2D eigenvalue weighted by atomic mass is 10.1. The normalized spacial score (nSPS) is 16.3. The third-order valence-corrected chi connectivity index (χ3v) is 6.09. The van der Waals surface area contributed by atoms with Gasteiger partial charge in [-0.25, -0.2) is 0 Å². The van der Waals surface area contributed by atoms with Crippen LogP contribution in [0.1, 0.15) is 19.4 Å². The molecule has 0 aliphatic carbocycles. The maximum atomic E-state index is 12.9. The number of thiocarbonyl (C=S) groups is 1. The van der Waals surface area contributed by atoms with Crippen molar-refractivity contribution < 1.29 is 14.2 Å². The number of benzene rings is 1. The number of hydrogen-bond acceptors (Lipinski definition) is 6. The van der Waals surface area contributed by atoms with Gasteiger partial charge in [-0.05, 0) is 30.3 Å². The molecule has 0 spiro atoms. The van der Waals surface area contributed by atoms with Crippen molar-refractivity contribution in [3.05, 3.63) is 34.1 Å². The molecule has 2 aliphatic rings. The molecule has 0 bridgehead atoms. The largest absolute Gasteiger partial charge is 0.486 e. The predicted octanol–water partition coefficient (Wildman–Crippen LogP) is 1.96. The van der Waals surface area contributed by atoms with Crippen LogP contribution < -0.4 is 20.3 Å². The van der Waals surface area contributed by atoms with Crippen molar-refractivity contribution in [3.8, 4) is 11.5 Å². The molecular formula is C23H32N4O4S. The van der Waals surface area contributed by atoms with Crippen LogP contribution in [-0.2, 0) is 11.3 Å². The standard InChI is InChI=1S/C23H32N4O4S/c1-16(2)14-24-23(32)27(4-3-26-5-7-29-8-6-26)15-18-11-17-12-20-21(31-10-9-30-20)13-19(17)25-22(18)28/h11-13,16H,3-10,14-15H2,1-2H3,(H,24,32)(H,25,28). The van der Waals surface area contributed by atoms with Crippen LogP contribution >= 0.6 is 12.2 Å². The van der Waals surface area contributed by atoms with E-state index in [0.29, 0.717) is 47.9 Å². The molecule has 0 unspecified atom stereocenters. The van der Waals surface area contributed by atoms with Crippen molar-refractivity contribution in [2.45, 2.75) is 20.4 Å². The van der Waals surface area contributed by atoms with Gasteiger partial charge in [0.05, 0.1) is 25.3 Å². The van der Waals surface area contributed by atoms with E-state index < -0.39 is 0 Å². The highest BCUT2D eigenvalue weighted by Crippen LogP contribution is 2.33. The van der Waals surface area contributed by atoms with Crippen molar-refractivity contribution in [2.75, 3.05) is 59.2 Å². The molecule has 1 aromatic heterocycles. The Labute approximate surface area is 193 Å². The second kappa shape index (κ2) is 10.5. The minimum atomic E-state index is -0.114. The Hall–Kier alpha value is -2.36. The van der Waals surface area contributed by atoms with Gasteiger partial charge < -0.3 is 29.4 Å². The van der Waals surface area contributed by atoms with Gasteiger partial charge in [0.25, 0.3) is 5.56 Å². The molecule has 32 heavy (non-hydrogen) atoms. The van der Waals surface area contributed by atoms with Gasteiger partial charge in [0.1, 0.15) is 13.2 Å². The number of pyridine rings is 1. The zero-order chi connectivity index (χ0) is 22.5. The topological polar surface area (TPSA) is 79.1 Å². The first-order valence-electron chi connectivity index (χ1n) is 11.3. The predicted molar refractivity (Wildman–Crippen MR) is 129 cm³/mol. The summed E-state index contributed by atoms with van der Waals surface area (Å²) in [6.45, 7) is 11.5. The minimum Gasteiger partial charge on any atom is -0.486 e. The first-order chi connectivity index (χ1) is 15.5. The number of fused-ring (bicyclic) bond motifs is 2. The maximum Gasteiger partial charge on any atom is 0.253 e. The van der Waals surface area contributed by atoms with E-state index in [1.807, 2.05) is 18.2 Å². The van der Waals surface area contributed by atoms with Crippen molar-refractivity contribution >= 4 is 28.2 Å². The number of ether oxygens (including phenoxy) is 3. The number of H-pyrrole nitrogens is 1. The summed E-state index contributed by atoms with van der Waals surface area (Å²) in [7, 11) is 0. The first-order valence-corrected chi connectivity index (χ1v) is 11.7. The summed E-state index contributed by atoms with van der Waals surface area (Å²) < 4.78 is 16.8. The van der Waals surface area contributed by atoms with Crippen molar-refractivity contribution in [2.24, 2.45) is 5.92 Å². The van der Waals surface area contributed by atoms with Crippen LogP contribution in [0.5, 0.6) is 11.5 Å². The van der Waals surface area contributed by atoms with E-state index in [4.69, 9.17) is 26.4 Å². The van der Waals surface area contributed by atoms with Crippen molar-refractivity contribution in [1.29, 1.82) is 0 Å². The monoisotopic (exact) mass is 460 g/mol. The molecule has 1 aromatic carbocycles. The fraction of sp³-hybridized carbons (Fsp3) is 0.565. The molecular weight excluding hydrogens is 428 g/mol. The molecule has 1 fully saturated rings. The van der Waals surface area contributed by atoms with Gasteiger partial charge >= 0.3 is 0 Å². The van der Waals surface area contributed by atoms with Gasteiger partial charge in [0.15, 0.2) is 16.6 Å². The number of aromatic nitrogens is 1.